The van der Waals surface area contributed by atoms with E-state index in [1.165, 1.54) is 83.5 Å². The Hall–Kier alpha value is -2.51. The minimum absolute atomic E-state index is 0.0417. The van der Waals surface area contributed by atoms with Crippen molar-refractivity contribution >= 4 is 17.8 Å². The van der Waals surface area contributed by atoms with Gasteiger partial charge in [0.05, 0.1) is 31.0 Å². The number of likely N-dealkylation sites (tertiary alicyclic amines) is 1. The molecule has 3 saturated heterocycles. The fraction of sp³-hybridized carbons (Fsp3) is 0.865. The number of rotatable bonds is 15. The molecule has 1 amide bonds. The van der Waals surface area contributed by atoms with Gasteiger partial charge < -0.3 is 61.7 Å². The predicted molar refractivity (Wildman–Crippen MR) is 271 cm³/mol. The summed E-state index contributed by atoms with van der Waals surface area (Å²) >= 11 is 0. The van der Waals surface area contributed by atoms with E-state index in [-0.39, 0.29) is 24.2 Å². The first kappa shape index (κ1) is 72.0. The molecule has 0 N–H and O–H groups in total. The second-order valence-corrected chi connectivity index (χ2v) is 17.2. The third-order valence-corrected chi connectivity index (χ3v) is 10.3. The smallest absolute Gasteiger partial charge is 0.333 e. The van der Waals surface area contributed by atoms with Gasteiger partial charge in [-0.05, 0) is 91.9 Å². The summed E-state index contributed by atoms with van der Waals surface area (Å²) in [5.74, 6) is -0.482. The van der Waals surface area contributed by atoms with Crippen LogP contribution >= 0.6 is 0 Å². The molecule has 0 aromatic rings. The summed E-state index contributed by atoms with van der Waals surface area (Å²) in [4.78, 5) is 33.2. The van der Waals surface area contributed by atoms with Gasteiger partial charge >= 0.3 is 11.9 Å². The lowest BCUT2D eigenvalue weighted by Gasteiger charge is -2.20. The molecule has 0 aromatic carbocycles. The van der Waals surface area contributed by atoms with Gasteiger partial charge in [0.25, 0.3) is 0 Å². The highest BCUT2D eigenvalue weighted by atomic mass is 16.7. The largest absolute Gasteiger partial charge is 0.460 e. The topological polar surface area (TPSA) is 165 Å². The second kappa shape index (κ2) is 53.8. The number of hydrogen-bond donors (Lipinski definition) is 0. The van der Waals surface area contributed by atoms with Gasteiger partial charge in [0.1, 0.15) is 13.2 Å². The zero-order valence-electron chi connectivity index (χ0n) is 45.8. The molecule has 16 heteroatoms. The van der Waals surface area contributed by atoms with E-state index in [1.807, 2.05) is 34.9 Å². The third-order valence-electron chi connectivity index (χ3n) is 10.3. The first-order chi connectivity index (χ1) is 32.5. The number of hydrogen-bond acceptors (Lipinski definition) is 15. The summed E-state index contributed by atoms with van der Waals surface area (Å²) < 4.78 is 58.7. The highest BCUT2D eigenvalue weighted by Crippen LogP contribution is 2.20. The minimum Gasteiger partial charge on any atom is -0.460 e. The summed E-state index contributed by atoms with van der Waals surface area (Å²) in [6.45, 7) is 21.5. The molecule has 2 atom stereocenters. The lowest BCUT2D eigenvalue weighted by molar-refractivity contribution is -0.145. The summed E-state index contributed by atoms with van der Waals surface area (Å²) in [7, 11) is 15.4. The van der Waals surface area contributed by atoms with Gasteiger partial charge in [-0.25, -0.2) is 9.59 Å². The van der Waals surface area contributed by atoms with E-state index in [0.717, 1.165) is 64.5 Å². The zero-order valence-corrected chi connectivity index (χ0v) is 45.8. The molecule has 2 unspecified atom stereocenters. The Morgan fingerprint density at radius 2 is 1.09 bits per heavy atom. The van der Waals surface area contributed by atoms with Crippen LogP contribution in [-0.2, 0) is 71.2 Å². The number of carbonyl (C=O) groups is 3. The van der Waals surface area contributed by atoms with Gasteiger partial charge in [0.2, 0.25) is 5.91 Å². The molecule has 5 fully saturated rings. The Morgan fingerprint density at radius 3 is 1.35 bits per heavy atom. The van der Waals surface area contributed by atoms with Gasteiger partial charge in [-0.1, -0.05) is 58.6 Å². The van der Waals surface area contributed by atoms with Crippen LogP contribution in [0.15, 0.2) is 24.8 Å². The highest BCUT2D eigenvalue weighted by molar-refractivity contribution is 5.86. The van der Waals surface area contributed by atoms with E-state index >= 15 is 0 Å². The van der Waals surface area contributed by atoms with Crippen LogP contribution in [-0.4, -0.2) is 170 Å². The van der Waals surface area contributed by atoms with Crippen molar-refractivity contribution in [3.8, 4) is 0 Å². The number of ether oxygens (including phenoxy) is 12. The molecule has 406 valence electrons. The van der Waals surface area contributed by atoms with Crippen molar-refractivity contribution in [1.29, 1.82) is 0 Å². The molecule has 16 nitrogen and oxygen atoms in total. The number of nitrogens with zero attached hydrogens (tertiary/aromatic N) is 1. The summed E-state index contributed by atoms with van der Waals surface area (Å²) in [5, 5.41) is 0. The Morgan fingerprint density at radius 1 is 0.647 bits per heavy atom. The molecule has 0 radical (unpaired) electrons. The fourth-order valence-corrected chi connectivity index (χ4v) is 5.75. The van der Waals surface area contributed by atoms with Gasteiger partial charge in [0, 0.05) is 115 Å². The van der Waals surface area contributed by atoms with Crippen molar-refractivity contribution in [1.82, 2.24) is 4.90 Å². The quantitative estimate of drug-likeness (QED) is 0.0864. The molecule has 2 aliphatic carbocycles. The van der Waals surface area contributed by atoms with E-state index in [9.17, 15) is 14.4 Å². The predicted octanol–water partition coefficient (Wildman–Crippen LogP) is 9.69. The molecule has 5 aliphatic rings. The van der Waals surface area contributed by atoms with Gasteiger partial charge in [-0.15, -0.1) is 0 Å². The Bertz CT molecular complexity index is 1070. The maximum atomic E-state index is 10.6. The van der Waals surface area contributed by atoms with Crippen LogP contribution in [0.2, 0.25) is 0 Å². The number of methoxy groups -OCH3 is 8. The number of amides is 1. The maximum absolute atomic E-state index is 10.6. The number of esters is 2. The second-order valence-electron chi connectivity index (χ2n) is 17.2. The molecule has 0 aromatic heterocycles. The van der Waals surface area contributed by atoms with Crippen LogP contribution < -0.4 is 0 Å². The standard InChI is InChI=1S/C7H12O3.C7H14O.C6H10O3.C6H12O2.C6H12O.C5H9NO.C5H10O2.2C5H12O/c1-6(2)7(8)10-5-4-9-3;1-8-7-5-3-2-4-6-7;1-3-6(7)9-5-4-8-2;1-7-6-4-2-3-5-8-6;1-7-6-4-2-3-5-6;1-6-4-2-3-5(6)7;1-6-5-3-2-4-7-5;1-5(2,3)6-4;1-3-4-5-6-2/h1,4-5H2,2-3H3;7H,2-6H2,1H3;3H,1,4-5H2,2H3;6H,2-5H2,1H3;6H,2-5H2,1H3;2-4H2,1H3;5H,2-4H2,1H3;1-4H3;3-5H2,1-2H3. The lowest BCUT2D eigenvalue weighted by atomic mass is 9.98. The molecule has 5 rings (SSSR count). The van der Waals surface area contributed by atoms with Crippen LogP contribution in [0.4, 0.5) is 0 Å². The van der Waals surface area contributed by atoms with E-state index in [0.29, 0.717) is 50.1 Å². The van der Waals surface area contributed by atoms with Crippen molar-refractivity contribution in [2.75, 3.05) is 117 Å². The SMILES string of the molecule is C=C(C)C(=O)OCCOC.C=CC(=O)OCCOC.CCCCOC.CN1CCCC1=O.COC(C)(C)C.COC1CCCC1.COC1CCCCC1.COC1CCCCO1.COC1CCCO1. The van der Waals surface area contributed by atoms with Gasteiger partial charge in [0.15, 0.2) is 12.6 Å². The first-order valence-corrected chi connectivity index (χ1v) is 24.7. The van der Waals surface area contributed by atoms with Crippen LogP contribution in [0.3, 0.4) is 0 Å². The molecular formula is C52H103NO15. The monoisotopic (exact) mass is 982 g/mol. The Kier molecular flexibility index (Phi) is 57.0. The number of carbonyl (C=O) groups excluding carboxylic acids is 3. The summed E-state index contributed by atoms with van der Waals surface area (Å²) in [6.07, 6.45) is 24.5. The lowest BCUT2D eigenvalue weighted by Crippen LogP contribution is -2.20. The van der Waals surface area contributed by atoms with E-state index in [4.69, 9.17) is 37.9 Å². The highest BCUT2D eigenvalue weighted by Gasteiger charge is 2.15. The fourth-order valence-electron chi connectivity index (χ4n) is 5.75. The third kappa shape index (κ3) is 54.4. The van der Waals surface area contributed by atoms with E-state index in [2.05, 4.69) is 39.0 Å². The van der Waals surface area contributed by atoms with Crippen LogP contribution in [0.25, 0.3) is 0 Å². The Labute approximate surface area is 415 Å². The normalized spacial score (nSPS) is 18.5. The van der Waals surface area contributed by atoms with Gasteiger partial charge in [-0.3, -0.25) is 4.79 Å². The van der Waals surface area contributed by atoms with Crippen molar-refractivity contribution in [3.05, 3.63) is 24.8 Å². The van der Waals surface area contributed by atoms with Gasteiger partial charge in [-0.2, -0.15) is 0 Å². The molecule has 3 heterocycles. The van der Waals surface area contributed by atoms with E-state index < -0.39 is 5.97 Å². The van der Waals surface area contributed by atoms with Crippen molar-refractivity contribution in [2.24, 2.45) is 0 Å². The molecule has 68 heavy (non-hydrogen) atoms. The van der Waals surface area contributed by atoms with Crippen LogP contribution in [0.5, 0.6) is 0 Å². The molecule has 0 bridgehead atoms. The van der Waals surface area contributed by atoms with Crippen molar-refractivity contribution in [2.45, 2.75) is 181 Å². The van der Waals surface area contributed by atoms with Crippen LogP contribution in [0, 0.1) is 0 Å². The van der Waals surface area contributed by atoms with Crippen LogP contribution in [0.1, 0.15) is 150 Å². The molecule has 0 spiro atoms. The molecule has 2 saturated carbocycles. The molecule has 3 aliphatic heterocycles. The van der Waals surface area contributed by atoms with Crippen molar-refractivity contribution < 1.29 is 71.2 Å². The number of unbranched alkanes of at least 4 members (excludes halogenated alkanes) is 1. The van der Waals surface area contributed by atoms with Crippen molar-refractivity contribution in [3.63, 3.8) is 0 Å². The average Bonchev–Trinajstić information content (AvgIpc) is 4.18. The average molecular weight is 982 g/mol. The molecular weight excluding hydrogens is 879 g/mol. The summed E-state index contributed by atoms with van der Waals surface area (Å²) in [6, 6.07) is 0. The minimum atomic E-state index is -0.410. The maximum Gasteiger partial charge on any atom is 0.333 e. The Balaban J connectivity index is -0.000000340. The summed E-state index contributed by atoms with van der Waals surface area (Å²) in [5.41, 5.74) is 0.455. The zero-order chi connectivity index (χ0) is 52.3. The van der Waals surface area contributed by atoms with E-state index in [1.54, 1.807) is 61.6 Å². The first-order valence-electron chi connectivity index (χ1n) is 24.7.